The average molecular weight is 306 g/mol. The number of aromatic nitrogens is 2. The molecule has 0 aliphatic rings. The average Bonchev–Trinajstić information content (AvgIpc) is 2.33. The Morgan fingerprint density at radius 2 is 2.17 bits per heavy atom. The van der Waals surface area contributed by atoms with E-state index in [1.165, 1.54) is 5.56 Å². The fourth-order valence-electron chi connectivity index (χ4n) is 1.82. The van der Waals surface area contributed by atoms with Crippen molar-refractivity contribution >= 4 is 15.9 Å². The van der Waals surface area contributed by atoms with Gasteiger partial charge in [0, 0.05) is 34.9 Å². The van der Waals surface area contributed by atoms with Crippen LogP contribution < -0.4 is 5.32 Å². The van der Waals surface area contributed by atoms with Crippen LogP contribution in [0.15, 0.2) is 34.9 Å². The van der Waals surface area contributed by atoms with E-state index in [4.69, 9.17) is 0 Å². The third-order valence-corrected chi connectivity index (χ3v) is 3.24. The van der Waals surface area contributed by atoms with E-state index < -0.39 is 0 Å². The fourth-order valence-corrected chi connectivity index (χ4v) is 2.27. The molecular weight excluding hydrogens is 290 g/mol. The Balaban J connectivity index is 2.17. The highest BCUT2D eigenvalue weighted by Crippen LogP contribution is 2.14. The monoisotopic (exact) mass is 305 g/mol. The Kier molecular flexibility index (Phi) is 4.44. The van der Waals surface area contributed by atoms with Crippen molar-refractivity contribution in [2.75, 3.05) is 7.05 Å². The first-order valence-corrected chi connectivity index (χ1v) is 6.69. The summed E-state index contributed by atoms with van der Waals surface area (Å²) in [7, 11) is 1.93. The predicted octanol–water partition coefficient (Wildman–Crippen LogP) is 2.86. The smallest absolute Gasteiger partial charge is 0.132 e. The van der Waals surface area contributed by atoms with Gasteiger partial charge in [-0.05, 0) is 31.7 Å². The second-order valence-corrected chi connectivity index (χ2v) is 5.15. The molecule has 0 amide bonds. The molecule has 2 aromatic rings. The van der Waals surface area contributed by atoms with Crippen molar-refractivity contribution in [1.29, 1.82) is 0 Å². The van der Waals surface area contributed by atoms with Crippen molar-refractivity contribution in [2.45, 2.75) is 19.9 Å². The lowest BCUT2D eigenvalue weighted by atomic mass is 10.1. The number of hydrogen-bond acceptors (Lipinski definition) is 3. The molecule has 0 radical (unpaired) electrons. The van der Waals surface area contributed by atoms with Crippen molar-refractivity contribution in [3.63, 3.8) is 0 Å². The molecule has 0 saturated heterocycles. The summed E-state index contributed by atoms with van der Waals surface area (Å²) in [4.78, 5) is 8.97. The Labute approximate surface area is 116 Å². The first kappa shape index (κ1) is 13.2. The molecule has 0 fully saturated rings. The predicted molar refractivity (Wildman–Crippen MR) is 76.5 cm³/mol. The minimum Gasteiger partial charge on any atom is -0.316 e. The quantitative estimate of drug-likeness (QED) is 0.944. The molecular formula is C14H16BrN3. The molecule has 0 aliphatic carbocycles. The van der Waals surface area contributed by atoms with Gasteiger partial charge in [0.2, 0.25) is 0 Å². The Hall–Kier alpha value is -1.26. The van der Waals surface area contributed by atoms with Crippen LogP contribution >= 0.6 is 15.9 Å². The van der Waals surface area contributed by atoms with Crippen molar-refractivity contribution < 1.29 is 0 Å². The second-order valence-electron chi connectivity index (χ2n) is 4.23. The largest absolute Gasteiger partial charge is 0.316 e. The number of halogens is 1. The van der Waals surface area contributed by atoms with Crippen LogP contribution in [0.1, 0.15) is 22.6 Å². The fraction of sp³-hybridized carbons (Fsp3) is 0.286. The molecule has 4 heteroatoms. The lowest BCUT2D eigenvalue weighted by Crippen LogP contribution is -2.09. The van der Waals surface area contributed by atoms with Gasteiger partial charge in [0.25, 0.3) is 0 Å². The molecule has 0 spiro atoms. The molecule has 0 aliphatic heterocycles. The van der Waals surface area contributed by atoms with E-state index in [1.807, 2.05) is 32.3 Å². The van der Waals surface area contributed by atoms with Crippen LogP contribution in [-0.4, -0.2) is 17.0 Å². The third-order valence-electron chi connectivity index (χ3n) is 2.75. The Morgan fingerprint density at radius 1 is 1.33 bits per heavy atom. The molecule has 0 atom stereocenters. The molecule has 2 rings (SSSR count). The summed E-state index contributed by atoms with van der Waals surface area (Å²) in [5.41, 5.74) is 3.41. The van der Waals surface area contributed by atoms with E-state index in [0.717, 1.165) is 34.5 Å². The van der Waals surface area contributed by atoms with Gasteiger partial charge in [0.15, 0.2) is 0 Å². The van der Waals surface area contributed by atoms with Crippen molar-refractivity contribution in [2.24, 2.45) is 0 Å². The summed E-state index contributed by atoms with van der Waals surface area (Å²) in [6.07, 6.45) is 2.67. The van der Waals surface area contributed by atoms with Gasteiger partial charge in [-0.3, -0.25) is 0 Å². The standard InChI is InChI=1S/C14H16BrN3/c1-10-12(8-16-2)9-17-14(18-10)7-11-4-3-5-13(15)6-11/h3-6,9,16H,7-8H2,1-2H3. The van der Waals surface area contributed by atoms with Gasteiger partial charge < -0.3 is 5.32 Å². The van der Waals surface area contributed by atoms with E-state index in [2.05, 4.69) is 43.3 Å². The number of rotatable bonds is 4. The van der Waals surface area contributed by atoms with Gasteiger partial charge in [0.1, 0.15) is 5.82 Å². The molecule has 0 bridgehead atoms. The van der Waals surface area contributed by atoms with Gasteiger partial charge in [-0.25, -0.2) is 9.97 Å². The van der Waals surface area contributed by atoms with Crippen LogP contribution in [-0.2, 0) is 13.0 Å². The van der Waals surface area contributed by atoms with Crippen LogP contribution in [0.4, 0.5) is 0 Å². The summed E-state index contributed by atoms with van der Waals surface area (Å²) < 4.78 is 1.09. The van der Waals surface area contributed by atoms with Crippen molar-refractivity contribution in [3.05, 3.63) is 57.6 Å². The molecule has 1 aromatic heterocycles. The molecule has 1 N–H and O–H groups in total. The molecule has 0 saturated carbocycles. The Morgan fingerprint density at radius 3 is 2.83 bits per heavy atom. The van der Waals surface area contributed by atoms with Crippen molar-refractivity contribution in [1.82, 2.24) is 15.3 Å². The topological polar surface area (TPSA) is 37.8 Å². The SMILES string of the molecule is CNCc1cnc(Cc2cccc(Br)c2)nc1C. The second kappa shape index (κ2) is 6.07. The van der Waals surface area contributed by atoms with E-state index in [-0.39, 0.29) is 0 Å². The molecule has 18 heavy (non-hydrogen) atoms. The van der Waals surface area contributed by atoms with Gasteiger partial charge in [-0.2, -0.15) is 0 Å². The molecule has 1 aromatic carbocycles. The van der Waals surface area contributed by atoms with Crippen molar-refractivity contribution in [3.8, 4) is 0 Å². The van der Waals surface area contributed by atoms with Gasteiger partial charge in [-0.1, -0.05) is 28.1 Å². The zero-order valence-corrected chi connectivity index (χ0v) is 12.2. The summed E-state index contributed by atoms with van der Waals surface area (Å²) in [5, 5.41) is 3.12. The maximum atomic E-state index is 4.55. The van der Waals surface area contributed by atoms with Gasteiger partial charge in [0.05, 0.1) is 0 Å². The first-order chi connectivity index (χ1) is 8.69. The summed E-state index contributed by atoms with van der Waals surface area (Å²) in [6, 6.07) is 8.23. The minimum atomic E-state index is 0.764. The van der Waals surface area contributed by atoms with E-state index in [0.29, 0.717) is 0 Å². The summed E-state index contributed by atoms with van der Waals surface area (Å²) in [5.74, 6) is 0.866. The van der Waals surface area contributed by atoms with Crippen LogP contribution in [0.5, 0.6) is 0 Å². The number of aryl methyl sites for hydroxylation is 1. The maximum Gasteiger partial charge on any atom is 0.132 e. The van der Waals surface area contributed by atoms with Crippen LogP contribution in [0.2, 0.25) is 0 Å². The summed E-state index contributed by atoms with van der Waals surface area (Å²) >= 11 is 3.47. The van der Waals surface area contributed by atoms with Crippen LogP contribution in [0, 0.1) is 6.92 Å². The summed E-state index contributed by atoms with van der Waals surface area (Å²) in [6.45, 7) is 2.84. The molecule has 0 unspecified atom stereocenters. The highest BCUT2D eigenvalue weighted by molar-refractivity contribution is 9.10. The Bertz CT molecular complexity index is 540. The molecule has 3 nitrogen and oxygen atoms in total. The number of nitrogens with one attached hydrogen (secondary N) is 1. The highest BCUT2D eigenvalue weighted by atomic mass is 79.9. The third kappa shape index (κ3) is 3.37. The lowest BCUT2D eigenvalue weighted by Gasteiger charge is -2.06. The van der Waals surface area contributed by atoms with E-state index in [1.54, 1.807) is 0 Å². The van der Waals surface area contributed by atoms with Gasteiger partial charge in [-0.15, -0.1) is 0 Å². The van der Waals surface area contributed by atoms with E-state index in [9.17, 15) is 0 Å². The number of nitrogens with zero attached hydrogens (tertiary/aromatic N) is 2. The maximum absolute atomic E-state index is 4.55. The lowest BCUT2D eigenvalue weighted by molar-refractivity contribution is 0.786. The normalized spacial score (nSPS) is 10.6. The van der Waals surface area contributed by atoms with E-state index >= 15 is 0 Å². The molecule has 94 valence electrons. The zero-order chi connectivity index (χ0) is 13.0. The first-order valence-electron chi connectivity index (χ1n) is 5.89. The number of hydrogen-bond donors (Lipinski definition) is 1. The van der Waals surface area contributed by atoms with Crippen LogP contribution in [0.25, 0.3) is 0 Å². The highest BCUT2D eigenvalue weighted by Gasteiger charge is 2.04. The van der Waals surface area contributed by atoms with Crippen LogP contribution in [0.3, 0.4) is 0 Å². The van der Waals surface area contributed by atoms with Gasteiger partial charge >= 0.3 is 0 Å². The zero-order valence-electron chi connectivity index (χ0n) is 10.6. The minimum absolute atomic E-state index is 0.764. The number of benzene rings is 1. The molecule has 1 heterocycles.